The highest BCUT2D eigenvalue weighted by molar-refractivity contribution is 5.97. The van der Waals surface area contributed by atoms with Gasteiger partial charge in [-0.1, -0.05) is 30.3 Å². The Morgan fingerprint density at radius 2 is 1.65 bits per heavy atom. The highest BCUT2D eigenvalue weighted by Gasteiger charge is 2.17. The zero-order chi connectivity index (χ0) is 19.2. The predicted molar refractivity (Wildman–Crippen MR) is 98.9 cm³/mol. The molecule has 1 aromatic rings. The van der Waals surface area contributed by atoms with Gasteiger partial charge in [0.1, 0.15) is 0 Å². The summed E-state index contributed by atoms with van der Waals surface area (Å²) in [7, 11) is 0. The lowest BCUT2D eigenvalue weighted by molar-refractivity contribution is -0.144. The van der Waals surface area contributed by atoms with E-state index in [0.29, 0.717) is 44.9 Å². The van der Waals surface area contributed by atoms with E-state index in [0.717, 1.165) is 0 Å². The molecule has 6 heteroatoms. The lowest BCUT2D eigenvalue weighted by atomic mass is 10.1. The molecule has 0 fully saturated rings. The van der Waals surface area contributed by atoms with E-state index in [4.69, 9.17) is 9.47 Å². The van der Waals surface area contributed by atoms with Crippen LogP contribution in [0.15, 0.2) is 30.3 Å². The normalized spacial score (nSPS) is 10.4. The van der Waals surface area contributed by atoms with Crippen LogP contribution in [-0.4, -0.2) is 55.5 Å². The van der Waals surface area contributed by atoms with Crippen LogP contribution in [0.3, 0.4) is 0 Å². The van der Waals surface area contributed by atoms with Crippen LogP contribution in [0, 0.1) is 0 Å². The van der Waals surface area contributed by atoms with Crippen LogP contribution in [-0.2, 0) is 19.1 Å². The third-order valence-electron chi connectivity index (χ3n) is 3.83. The minimum atomic E-state index is -0.324. The Balaban J connectivity index is 2.52. The number of rotatable bonds is 13. The van der Waals surface area contributed by atoms with E-state index in [1.165, 1.54) is 0 Å². The van der Waals surface area contributed by atoms with Crippen molar-refractivity contribution < 1.29 is 23.9 Å². The molecule has 0 saturated carbocycles. The third kappa shape index (κ3) is 8.76. The highest BCUT2D eigenvalue weighted by Crippen LogP contribution is 2.08. The van der Waals surface area contributed by atoms with E-state index in [2.05, 4.69) is 0 Å². The molecule has 0 spiro atoms. The van der Waals surface area contributed by atoms with Gasteiger partial charge in [-0.05, 0) is 20.3 Å². The summed E-state index contributed by atoms with van der Waals surface area (Å²) in [6.07, 6.45) is 1.13. The van der Waals surface area contributed by atoms with Gasteiger partial charge in [0.25, 0.3) is 0 Å². The standard InChI is InChI=1S/C20H29NO5/c1-3-25-16-8-14-21(15-13-20(24)26-4-2)19(23)12-11-18(22)17-9-6-5-7-10-17/h5-7,9-10H,3-4,8,11-16H2,1-2H3. The first-order chi connectivity index (χ1) is 12.6. The van der Waals surface area contributed by atoms with Crippen LogP contribution in [0.4, 0.5) is 0 Å². The van der Waals surface area contributed by atoms with Gasteiger partial charge in [0.05, 0.1) is 13.0 Å². The average Bonchev–Trinajstić information content (AvgIpc) is 2.66. The molecule has 1 aromatic carbocycles. The number of ketones is 1. The Hall–Kier alpha value is -2.21. The number of Topliss-reactive ketones (excluding diaryl/α,β-unsaturated/α-hetero) is 1. The van der Waals surface area contributed by atoms with Crippen molar-refractivity contribution in [2.45, 2.75) is 39.5 Å². The Morgan fingerprint density at radius 1 is 0.923 bits per heavy atom. The molecule has 0 atom stereocenters. The first kappa shape index (κ1) is 21.8. The molecular weight excluding hydrogens is 334 g/mol. The molecule has 0 N–H and O–H groups in total. The van der Waals surface area contributed by atoms with Crippen LogP contribution in [0.1, 0.15) is 49.9 Å². The van der Waals surface area contributed by atoms with Crippen molar-refractivity contribution in [1.29, 1.82) is 0 Å². The fourth-order valence-corrected chi connectivity index (χ4v) is 2.47. The SMILES string of the molecule is CCOCCCN(CCC(=O)OCC)C(=O)CCC(=O)c1ccccc1. The number of esters is 1. The summed E-state index contributed by atoms with van der Waals surface area (Å²) in [5.74, 6) is -0.510. The quantitative estimate of drug-likeness (QED) is 0.306. The average molecular weight is 363 g/mol. The molecule has 0 aliphatic carbocycles. The summed E-state index contributed by atoms with van der Waals surface area (Å²) in [6.45, 7) is 5.96. The van der Waals surface area contributed by atoms with Crippen molar-refractivity contribution in [1.82, 2.24) is 4.90 Å². The molecule has 0 heterocycles. The van der Waals surface area contributed by atoms with Crippen molar-refractivity contribution >= 4 is 17.7 Å². The van der Waals surface area contributed by atoms with E-state index in [-0.39, 0.29) is 36.9 Å². The Morgan fingerprint density at radius 3 is 2.31 bits per heavy atom. The smallest absolute Gasteiger partial charge is 0.307 e. The van der Waals surface area contributed by atoms with Gasteiger partial charge in [-0.15, -0.1) is 0 Å². The van der Waals surface area contributed by atoms with E-state index in [1.807, 2.05) is 13.0 Å². The van der Waals surface area contributed by atoms with Gasteiger partial charge in [0, 0.05) is 44.7 Å². The van der Waals surface area contributed by atoms with Gasteiger partial charge in [0.15, 0.2) is 5.78 Å². The van der Waals surface area contributed by atoms with E-state index in [9.17, 15) is 14.4 Å². The van der Waals surface area contributed by atoms with E-state index < -0.39 is 0 Å². The molecule has 1 rings (SSSR count). The Labute approximate surface area is 155 Å². The molecule has 0 aliphatic rings. The first-order valence-corrected chi connectivity index (χ1v) is 9.17. The predicted octanol–water partition coefficient (Wildman–Crippen LogP) is 2.86. The van der Waals surface area contributed by atoms with Crippen LogP contribution in [0.2, 0.25) is 0 Å². The monoisotopic (exact) mass is 363 g/mol. The number of benzene rings is 1. The van der Waals surface area contributed by atoms with Gasteiger partial charge in [-0.3, -0.25) is 14.4 Å². The lowest BCUT2D eigenvalue weighted by Crippen LogP contribution is -2.35. The maximum atomic E-state index is 12.5. The highest BCUT2D eigenvalue weighted by atomic mass is 16.5. The maximum Gasteiger partial charge on any atom is 0.307 e. The largest absolute Gasteiger partial charge is 0.466 e. The first-order valence-electron chi connectivity index (χ1n) is 9.17. The van der Waals surface area contributed by atoms with Crippen molar-refractivity contribution in [3.05, 3.63) is 35.9 Å². The van der Waals surface area contributed by atoms with Crippen LogP contribution in [0.5, 0.6) is 0 Å². The van der Waals surface area contributed by atoms with Gasteiger partial charge in [0.2, 0.25) is 5.91 Å². The van der Waals surface area contributed by atoms with Gasteiger partial charge in [-0.2, -0.15) is 0 Å². The number of carbonyl (C=O) groups excluding carboxylic acids is 3. The van der Waals surface area contributed by atoms with Crippen molar-refractivity contribution in [2.75, 3.05) is 32.9 Å². The van der Waals surface area contributed by atoms with Crippen LogP contribution in [0.25, 0.3) is 0 Å². The topological polar surface area (TPSA) is 72.9 Å². The summed E-state index contributed by atoms with van der Waals surface area (Å²) in [5.41, 5.74) is 0.606. The maximum absolute atomic E-state index is 12.5. The van der Waals surface area contributed by atoms with Gasteiger partial charge in [-0.25, -0.2) is 0 Å². The molecule has 0 radical (unpaired) electrons. The molecule has 1 amide bonds. The number of hydrogen-bond donors (Lipinski definition) is 0. The Bertz CT molecular complexity index is 559. The number of ether oxygens (including phenoxy) is 2. The fraction of sp³-hybridized carbons (Fsp3) is 0.550. The van der Waals surface area contributed by atoms with Crippen molar-refractivity contribution in [3.8, 4) is 0 Å². The second-order valence-electron chi connectivity index (χ2n) is 5.78. The zero-order valence-electron chi connectivity index (χ0n) is 15.7. The zero-order valence-corrected chi connectivity index (χ0v) is 15.7. The Kier molecular flexibility index (Phi) is 11.0. The van der Waals surface area contributed by atoms with E-state index >= 15 is 0 Å². The number of hydrogen-bond acceptors (Lipinski definition) is 5. The van der Waals surface area contributed by atoms with Gasteiger partial charge >= 0.3 is 5.97 Å². The molecular formula is C20H29NO5. The van der Waals surface area contributed by atoms with Gasteiger partial charge < -0.3 is 14.4 Å². The molecule has 144 valence electrons. The second kappa shape index (κ2) is 13.1. The summed E-state index contributed by atoms with van der Waals surface area (Å²) in [6, 6.07) is 8.93. The molecule has 0 aliphatic heterocycles. The van der Waals surface area contributed by atoms with E-state index in [1.54, 1.807) is 36.1 Å². The molecule has 26 heavy (non-hydrogen) atoms. The number of carbonyl (C=O) groups is 3. The summed E-state index contributed by atoms with van der Waals surface area (Å²) in [5, 5.41) is 0. The molecule has 0 aromatic heterocycles. The third-order valence-corrected chi connectivity index (χ3v) is 3.83. The minimum Gasteiger partial charge on any atom is -0.466 e. The lowest BCUT2D eigenvalue weighted by Gasteiger charge is -2.22. The number of amides is 1. The summed E-state index contributed by atoms with van der Waals surface area (Å²) < 4.78 is 10.2. The molecule has 0 bridgehead atoms. The summed E-state index contributed by atoms with van der Waals surface area (Å²) in [4.78, 5) is 37.8. The summed E-state index contributed by atoms with van der Waals surface area (Å²) >= 11 is 0. The van der Waals surface area contributed by atoms with Crippen LogP contribution >= 0.6 is 0 Å². The van der Waals surface area contributed by atoms with Crippen molar-refractivity contribution in [3.63, 3.8) is 0 Å². The second-order valence-corrected chi connectivity index (χ2v) is 5.78. The molecule has 6 nitrogen and oxygen atoms in total. The van der Waals surface area contributed by atoms with Crippen molar-refractivity contribution in [2.24, 2.45) is 0 Å². The number of nitrogens with zero attached hydrogens (tertiary/aromatic N) is 1. The minimum absolute atomic E-state index is 0.0568. The molecule has 0 unspecified atom stereocenters. The fourth-order valence-electron chi connectivity index (χ4n) is 2.47. The molecule has 0 saturated heterocycles. The van der Waals surface area contributed by atoms with Crippen LogP contribution < -0.4 is 0 Å².